The Morgan fingerprint density at radius 1 is 0.708 bits per heavy atom. The maximum absolute atomic E-state index is 13.5. The number of imidazole rings is 1. The largest absolute Gasteiger partial charge is 0.478 e. The number of nitro groups is 2. The molecule has 0 amide bonds. The molecule has 65 heavy (non-hydrogen) atoms. The molecule has 2 aliphatic heterocycles. The minimum absolute atomic E-state index is 0.0447. The van der Waals surface area contributed by atoms with Crippen molar-refractivity contribution in [2.24, 2.45) is 0 Å². The van der Waals surface area contributed by atoms with Crippen LogP contribution in [0.3, 0.4) is 0 Å². The van der Waals surface area contributed by atoms with Gasteiger partial charge in [-0.15, -0.1) is 0 Å². The molecule has 27 heteroatoms. The summed E-state index contributed by atoms with van der Waals surface area (Å²) in [5.74, 6) is -1.12. The topological polar surface area (TPSA) is 234 Å². The summed E-state index contributed by atoms with van der Waals surface area (Å²) >= 11 is 13.8. The molecule has 2 fully saturated rings. The number of H-pyrrole nitrogens is 1. The summed E-state index contributed by atoms with van der Waals surface area (Å²) < 4.78 is 88.5. The summed E-state index contributed by atoms with van der Waals surface area (Å²) in [5.41, 5.74) is 11.0. The number of nitro benzene ring substituents is 2. The van der Waals surface area contributed by atoms with Crippen LogP contribution >= 0.6 is 38.9 Å². The third-order valence-electron chi connectivity index (χ3n) is 9.70. The van der Waals surface area contributed by atoms with Crippen molar-refractivity contribution < 1.29 is 50.7 Å². The maximum Gasteiger partial charge on any atom is 0.416 e. The van der Waals surface area contributed by atoms with Crippen LogP contribution < -0.4 is 21.3 Å². The van der Waals surface area contributed by atoms with Gasteiger partial charge in [-0.2, -0.15) is 26.3 Å². The molecule has 352 valence electrons. The number of halogens is 9. The van der Waals surface area contributed by atoms with Gasteiger partial charge in [0.1, 0.15) is 5.82 Å². The van der Waals surface area contributed by atoms with Gasteiger partial charge in [0.2, 0.25) is 0 Å². The van der Waals surface area contributed by atoms with E-state index in [0.29, 0.717) is 60.3 Å². The van der Waals surface area contributed by atoms with Crippen LogP contribution in [-0.4, -0.2) is 107 Å². The first-order valence-electron chi connectivity index (χ1n) is 18.8. The lowest BCUT2D eigenvalue weighted by Gasteiger charge is -2.34. The van der Waals surface area contributed by atoms with Crippen molar-refractivity contribution in [2.45, 2.75) is 12.4 Å². The van der Waals surface area contributed by atoms with Crippen LogP contribution in [0.2, 0.25) is 0 Å². The number of rotatable bonds is 6. The summed E-state index contributed by atoms with van der Waals surface area (Å²) in [6.07, 6.45) is -9.05. The molecule has 0 unspecified atom stereocenters. The number of non-ortho nitro benzene ring substituents is 2. The van der Waals surface area contributed by atoms with Gasteiger partial charge in [-0.25, -0.2) is 9.78 Å². The molecule has 1 aromatic heterocycles. The van der Waals surface area contributed by atoms with Gasteiger partial charge in [-0.1, -0.05) is 0 Å². The average Bonchev–Trinajstić information content (AvgIpc) is 3.65. The molecular weight excluding hydrogens is 960 g/mol. The summed E-state index contributed by atoms with van der Waals surface area (Å²) in [7, 11) is 3.91. The number of nitrogens with one attached hydrogen (secondary N) is 1. The number of carboxylic acid groups (broad SMARTS) is 1. The molecule has 2 saturated heterocycles. The van der Waals surface area contributed by atoms with Crippen LogP contribution in [0.15, 0.2) is 72.8 Å². The number of hydrogen-bond donors (Lipinski definition) is 4. The molecule has 0 bridgehead atoms. The second-order valence-electron chi connectivity index (χ2n) is 14.4. The lowest BCUT2D eigenvalue weighted by atomic mass is 10.1. The maximum atomic E-state index is 13.5. The number of carbonyl (C=O) groups is 1. The zero-order valence-corrected chi connectivity index (χ0v) is 37.3. The standard InChI is InChI=1S/C19H18F3N5O2.C13H15F3N2O2.C6H7N3O2.Cl3OP/c1-25-4-6-26(7-5-25)15-9-12(8-13(10-15)19(20,21)22)18-23-16-3-2-14(27(28)29)11-17(16)24-18;1-17-2-4-18(5-3-17)11-7-9(12(19)20)6-10(8-11)13(14,15)16;7-5-2-1-4(9(10)11)3-6(5)8;1-5(2,3)4/h2-3,8-11H,4-7H2,1H3,(H,23,24);6-8H,2-5H2,1H3,(H,19,20);1-3H,7-8H2;. The molecule has 2 aliphatic rings. The Labute approximate surface area is 380 Å². The number of likely N-dealkylation sites (N-methyl/N-ethyl adjacent to an activating group) is 2. The van der Waals surface area contributed by atoms with Crippen LogP contribution in [0.5, 0.6) is 0 Å². The highest BCUT2D eigenvalue weighted by atomic mass is 36.0. The van der Waals surface area contributed by atoms with Gasteiger partial charge in [0, 0.05) is 93.6 Å². The van der Waals surface area contributed by atoms with Crippen molar-refractivity contribution in [3.05, 3.63) is 110 Å². The fourth-order valence-corrected chi connectivity index (χ4v) is 6.23. The monoisotopic (exact) mass is 998 g/mol. The normalized spacial score (nSPS) is 14.9. The Kier molecular flexibility index (Phi) is 17.3. The molecule has 0 saturated carbocycles. The molecular formula is C38H40Cl3F6N10O7P. The summed E-state index contributed by atoms with van der Waals surface area (Å²) in [6, 6.07) is 14.9. The first-order chi connectivity index (χ1) is 30.1. The highest BCUT2D eigenvalue weighted by Crippen LogP contribution is 2.61. The van der Waals surface area contributed by atoms with Gasteiger partial charge in [-0.3, -0.25) is 24.8 Å². The number of alkyl halides is 6. The number of carboxylic acids is 1. The van der Waals surface area contributed by atoms with E-state index in [4.69, 9.17) is 16.6 Å². The van der Waals surface area contributed by atoms with Gasteiger partial charge in [0.05, 0.1) is 48.9 Å². The molecule has 17 nitrogen and oxygen atoms in total. The van der Waals surface area contributed by atoms with E-state index in [9.17, 15) is 55.9 Å². The highest BCUT2D eigenvalue weighted by molar-refractivity contribution is 8.24. The minimum atomic E-state index is -4.55. The zero-order valence-electron chi connectivity index (χ0n) is 34.1. The second kappa shape index (κ2) is 21.6. The number of nitrogens with two attached hydrogens (primary N) is 2. The van der Waals surface area contributed by atoms with Gasteiger partial charge in [0.25, 0.3) is 11.4 Å². The van der Waals surface area contributed by atoms with Crippen LogP contribution in [0.4, 0.5) is 60.5 Å². The molecule has 0 atom stereocenters. The Hall–Kier alpha value is -5.58. The van der Waals surface area contributed by atoms with Gasteiger partial charge in [0.15, 0.2) is 0 Å². The fraction of sp³-hybridized carbons (Fsp3) is 0.316. The van der Waals surface area contributed by atoms with Crippen LogP contribution in [-0.2, 0) is 16.9 Å². The Bertz CT molecular complexity index is 2540. The van der Waals surface area contributed by atoms with Gasteiger partial charge in [-0.05, 0) is 96.3 Å². The molecule has 6 N–H and O–H groups in total. The van der Waals surface area contributed by atoms with E-state index in [0.717, 1.165) is 44.4 Å². The predicted molar refractivity (Wildman–Crippen MR) is 238 cm³/mol. The van der Waals surface area contributed by atoms with Gasteiger partial charge < -0.3 is 41.2 Å². The molecule has 0 aliphatic carbocycles. The number of piperazine rings is 2. The summed E-state index contributed by atoms with van der Waals surface area (Å²) in [5, 5.41) is 26.9. The molecule has 3 heterocycles. The number of nitrogen functional groups attached to an aromatic ring is 2. The van der Waals surface area contributed by atoms with E-state index in [1.165, 1.54) is 42.5 Å². The van der Waals surface area contributed by atoms with Crippen LogP contribution in [0.25, 0.3) is 22.4 Å². The molecule has 0 radical (unpaired) electrons. The van der Waals surface area contributed by atoms with E-state index < -0.39 is 44.5 Å². The average molecular weight is 1000 g/mol. The lowest BCUT2D eigenvalue weighted by molar-refractivity contribution is -0.384. The second-order valence-corrected chi connectivity index (χ2v) is 21.1. The number of aromatic carboxylic acids is 1. The quantitative estimate of drug-likeness (QED) is 0.0408. The van der Waals surface area contributed by atoms with Crippen LogP contribution in [0, 0.1) is 20.2 Å². The molecule has 0 spiro atoms. The number of aromatic nitrogens is 2. The van der Waals surface area contributed by atoms with E-state index in [1.54, 1.807) is 11.0 Å². The lowest BCUT2D eigenvalue weighted by Crippen LogP contribution is -2.44. The summed E-state index contributed by atoms with van der Waals surface area (Å²) in [4.78, 5) is 46.2. The third kappa shape index (κ3) is 15.8. The number of aromatic amines is 1. The SMILES string of the molecule is CN1CCN(c2cc(-c3nc4ccc([N+](=O)[O-])cc4[nH]3)cc(C(F)(F)F)c2)CC1.CN1CCN(c2cc(C(=O)O)cc(C(F)(F)F)c2)CC1.Nc1ccc([N+](=O)[O-])cc1N.O=P(Cl)(Cl)Cl. The van der Waals surface area contributed by atoms with Crippen molar-refractivity contribution in [3.8, 4) is 11.4 Å². The first kappa shape index (κ1) is 52.0. The molecule has 5 aromatic rings. The number of hydrogen-bond acceptors (Lipinski definition) is 13. The first-order valence-corrected chi connectivity index (χ1v) is 23.2. The Balaban J connectivity index is 0.000000221. The van der Waals surface area contributed by atoms with Crippen molar-refractivity contribution in [2.75, 3.05) is 87.7 Å². The predicted octanol–water partition coefficient (Wildman–Crippen LogP) is 9.63. The Morgan fingerprint density at radius 2 is 1.15 bits per heavy atom. The number of fused-ring (bicyclic) bond motifs is 1. The smallest absolute Gasteiger partial charge is 0.416 e. The number of benzene rings is 4. The summed E-state index contributed by atoms with van der Waals surface area (Å²) in [6.45, 7) is 5.41. The molecule has 4 aromatic carbocycles. The fourth-order valence-electron chi connectivity index (χ4n) is 6.23. The van der Waals surface area contributed by atoms with Crippen molar-refractivity contribution in [1.29, 1.82) is 0 Å². The third-order valence-corrected chi connectivity index (χ3v) is 9.70. The highest BCUT2D eigenvalue weighted by Gasteiger charge is 2.34. The Morgan fingerprint density at radius 3 is 1.60 bits per heavy atom. The minimum Gasteiger partial charge on any atom is -0.478 e. The van der Waals surface area contributed by atoms with Crippen molar-refractivity contribution in [1.82, 2.24) is 19.8 Å². The van der Waals surface area contributed by atoms with Crippen LogP contribution in [0.1, 0.15) is 21.5 Å². The van der Waals surface area contributed by atoms with Crippen molar-refractivity contribution in [3.63, 3.8) is 0 Å². The zero-order chi connectivity index (χ0) is 48.6. The van der Waals surface area contributed by atoms with Gasteiger partial charge >= 0.3 is 23.5 Å². The van der Waals surface area contributed by atoms with Crippen molar-refractivity contribution >= 4 is 90.0 Å². The van der Waals surface area contributed by atoms with E-state index in [1.807, 2.05) is 19.0 Å². The van der Waals surface area contributed by atoms with E-state index in [2.05, 4.69) is 53.5 Å². The molecule has 7 rings (SSSR count). The van der Waals surface area contributed by atoms with E-state index in [-0.39, 0.29) is 34.0 Å². The van der Waals surface area contributed by atoms with E-state index >= 15 is 0 Å². The number of anilines is 4. The number of nitrogens with zero attached hydrogens (tertiary/aromatic N) is 7.